The highest BCUT2D eigenvalue weighted by atomic mass is 35.5. The Morgan fingerprint density at radius 2 is 1.90 bits per heavy atom. The van der Waals surface area contributed by atoms with Gasteiger partial charge >= 0.3 is 0 Å². The summed E-state index contributed by atoms with van der Waals surface area (Å²) in [4.78, 5) is -0.0439. The van der Waals surface area contributed by atoms with E-state index in [0.717, 1.165) is 12.0 Å². The van der Waals surface area contributed by atoms with Crippen LogP contribution in [0.2, 0.25) is 5.02 Å². The summed E-state index contributed by atoms with van der Waals surface area (Å²) in [7, 11) is -3.79. The van der Waals surface area contributed by atoms with E-state index in [1.807, 2.05) is 13.0 Å². The molecule has 2 aromatic rings. The van der Waals surface area contributed by atoms with E-state index in [0.29, 0.717) is 11.3 Å². The number of sulfonamides is 1. The zero-order valence-corrected chi connectivity index (χ0v) is 13.1. The fourth-order valence-electron chi connectivity index (χ4n) is 1.92. The molecule has 0 saturated carbocycles. The van der Waals surface area contributed by atoms with Gasteiger partial charge in [-0.15, -0.1) is 0 Å². The molecule has 0 radical (unpaired) electrons. The molecule has 0 heterocycles. The maximum Gasteiger partial charge on any atom is 0.263 e. The van der Waals surface area contributed by atoms with Gasteiger partial charge in [0, 0.05) is 5.69 Å². The molecule has 0 saturated heterocycles. The third-order valence-electron chi connectivity index (χ3n) is 3.06. The molecule has 4 nitrogen and oxygen atoms in total. The van der Waals surface area contributed by atoms with Crippen LogP contribution in [0.1, 0.15) is 18.1 Å². The van der Waals surface area contributed by atoms with E-state index in [1.165, 1.54) is 12.1 Å². The van der Waals surface area contributed by atoms with Gasteiger partial charge in [0.15, 0.2) is 0 Å². The van der Waals surface area contributed by atoms with Crippen LogP contribution >= 0.6 is 11.6 Å². The largest absolute Gasteiger partial charge is 0.392 e. The molecule has 0 aliphatic heterocycles. The summed E-state index contributed by atoms with van der Waals surface area (Å²) < 4.78 is 27.3. The monoisotopic (exact) mass is 325 g/mol. The van der Waals surface area contributed by atoms with Crippen LogP contribution in [-0.4, -0.2) is 13.5 Å². The van der Waals surface area contributed by atoms with Gasteiger partial charge in [-0.05, 0) is 41.8 Å². The Hall–Kier alpha value is -1.56. The Kier molecular flexibility index (Phi) is 4.88. The number of nitrogens with one attached hydrogen (secondary N) is 1. The predicted octanol–water partition coefficient (Wildman–Crippen LogP) is 3.20. The molecule has 0 aromatic heterocycles. The summed E-state index contributed by atoms with van der Waals surface area (Å²) in [5, 5.41) is 9.24. The molecule has 0 aliphatic carbocycles. The van der Waals surface area contributed by atoms with Crippen molar-refractivity contribution in [3.63, 3.8) is 0 Å². The van der Waals surface area contributed by atoms with Crippen molar-refractivity contribution in [3.05, 3.63) is 58.6 Å². The van der Waals surface area contributed by atoms with E-state index in [-0.39, 0.29) is 16.5 Å². The summed E-state index contributed by atoms with van der Waals surface area (Å²) in [5.41, 5.74) is 2.01. The maximum atomic E-state index is 12.4. The first-order chi connectivity index (χ1) is 9.96. The zero-order chi connectivity index (χ0) is 15.5. The molecule has 0 bridgehead atoms. The average Bonchev–Trinajstić information content (AvgIpc) is 2.47. The number of aryl methyl sites for hydroxylation is 1. The summed E-state index contributed by atoms with van der Waals surface area (Å²) >= 11 is 5.96. The van der Waals surface area contributed by atoms with Crippen LogP contribution in [0.15, 0.2) is 47.4 Å². The smallest absolute Gasteiger partial charge is 0.263 e. The number of anilines is 1. The fraction of sp³-hybridized carbons (Fsp3) is 0.200. The molecule has 0 spiro atoms. The fourth-order valence-corrected chi connectivity index (χ4v) is 3.52. The first-order valence-electron chi connectivity index (χ1n) is 6.47. The van der Waals surface area contributed by atoms with Crippen molar-refractivity contribution in [2.45, 2.75) is 24.8 Å². The summed E-state index contributed by atoms with van der Waals surface area (Å²) in [5.74, 6) is 0. The molecule has 2 aromatic carbocycles. The third-order valence-corrected chi connectivity index (χ3v) is 4.92. The number of aliphatic hydroxyl groups excluding tert-OH is 1. The number of halogens is 1. The lowest BCUT2D eigenvalue weighted by Crippen LogP contribution is -2.14. The molecule has 0 atom stereocenters. The van der Waals surface area contributed by atoms with Crippen molar-refractivity contribution < 1.29 is 13.5 Å². The average molecular weight is 326 g/mol. The van der Waals surface area contributed by atoms with Crippen LogP contribution in [-0.2, 0) is 23.1 Å². The highest BCUT2D eigenvalue weighted by Gasteiger charge is 2.18. The molecule has 0 unspecified atom stereocenters. The standard InChI is InChI=1S/C15H16ClNO3S/c1-2-11-4-3-5-13(8-11)17-21(19,20)15-9-12(10-18)6-7-14(15)16/h3-9,17-18H,2,10H2,1H3. The molecule has 21 heavy (non-hydrogen) atoms. The van der Waals surface area contributed by atoms with Gasteiger partial charge in [0.1, 0.15) is 4.90 Å². The van der Waals surface area contributed by atoms with E-state index in [4.69, 9.17) is 16.7 Å². The number of rotatable bonds is 5. The Morgan fingerprint density at radius 1 is 1.14 bits per heavy atom. The van der Waals surface area contributed by atoms with Crippen LogP contribution in [0, 0.1) is 0 Å². The van der Waals surface area contributed by atoms with Crippen molar-refractivity contribution in [2.24, 2.45) is 0 Å². The molecular weight excluding hydrogens is 310 g/mol. The maximum absolute atomic E-state index is 12.4. The molecule has 112 valence electrons. The number of hydrogen-bond donors (Lipinski definition) is 2. The minimum atomic E-state index is -3.79. The Balaban J connectivity index is 2.38. The normalized spacial score (nSPS) is 11.4. The van der Waals surface area contributed by atoms with Crippen molar-refractivity contribution in [1.82, 2.24) is 0 Å². The second kappa shape index (κ2) is 6.47. The Morgan fingerprint density at radius 3 is 2.57 bits per heavy atom. The van der Waals surface area contributed by atoms with Crippen molar-refractivity contribution in [3.8, 4) is 0 Å². The van der Waals surface area contributed by atoms with Gasteiger partial charge in [-0.3, -0.25) is 4.72 Å². The van der Waals surface area contributed by atoms with E-state index >= 15 is 0 Å². The SMILES string of the molecule is CCc1cccc(NS(=O)(=O)c2cc(CO)ccc2Cl)c1. The van der Waals surface area contributed by atoms with Gasteiger partial charge in [0.25, 0.3) is 10.0 Å². The quantitative estimate of drug-likeness (QED) is 0.887. The van der Waals surface area contributed by atoms with Crippen LogP contribution in [0.3, 0.4) is 0 Å². The van der Waals surface area contributed by atoms with Gasteiger partial charge in [-0.25, -0.2) is 8.42 Å². The third kappa shape index (κ3) is 3.75. The van der Waals surface area contributed by atoms with Crippen molar-refractivity contribution >= 4 is 27.3 Å². The van der Waals surface area contributed by atoms with Gasteiger partial charge in [0.05, 0.1) is 11.6 Å². The number of benzene rings is 2. The van der Waals surface area contributed by atoms with Crippen LogP contribution in [0.25, 0.3) is 0 Å². The van der Waals surface area contributed by atoms with Crippen LogP contribution < -0.4 is 4.72 Å². The molecule has 0 amide bonds. The first-order valence-corrected chi connectivity index (χ1v) is 8.33. The zero-order valence-electron chi connectivity index (χ0n) is 11.5. The van der Waals surface area contributed by atoms with Crippen LogP contribution in [0.5, 0.6) is 0 Å². The van der Waals surface area contributed by atoms with Crippen molar-refractivity contribution in [1.29, 1.82) is 0 Å². The molecule has 6 heteroatoms. The van der Waals surface area contributed by atoms with E-state index < -0.39 is 10.0 Å². The lowest BCUT2D eigenvalue weighted by Gasteiger charge is -2.11. The van der Waals surface area contributed by atoms with Crippen molar-refractivity contribution in [2.75, 3.05) is 4.72 Å². The predicted molar refractivity (Wildman–Crippen MR) is 84.0 cm³/mol. The van der Waals surface area contributed by atoms with E-state index in [1.54, 1.807) is 24.3 Å². The molecular formula is C15H16ClNO3S. The minimum Gasteiger partial charge on any atom is -0.392 e. The van der Waals surface area contributed by atoms with Gasteiger partial charge in [-0.2, -0.15) is 0 Å². The molecule has 0 aliphatic rings. The lowest BCUT2D eigenvalue weighted by molar-refractivity contribution is 0.281. The Bertz CT molecular complexity index is 744. The topological polar surface area (TPSA) is 66.4 Å². The Labute approximate surface area is 129 Å². The second-order valence-corrected chi connectivity index (χ2v) is 6.64. The van der Waals surface area contributed by atoms with Gasteiger partial charge in [-0.1, -0.05) is 36.7 Å². The number of aliphatic hydroxyl groups is 1. The highest BCUT2D eigenvalue weighted by molar-refractivity contribution is 7.92. The molecule has 2 N–H and O–H groups in total. The first kappa shape index (κ1) is 15.8. The molecule has 2 rings (SSSR count). The molecule has 0 fully saturated rings. The van der Waals surface area contributed by atoms with Gasteiger partial charge in [0.2, 0.25) is 0 Å². The van der Waals surface area contributed by atoms with Crippen LogP contribution in [0.4, 0.5) is 5.69 Å². The summed E-state index contributed by atoms with van der Waals surface area (Å²) in [6.07, 6.45) is 0.816. The van der Waals surface area contributed by atoms with E-state index in [9.17, 15) is 8.42 Å². The van der Waals surface area contributed by atoms with E-state index in [2.05, 4.69) is 4.72 Å². The number of hydrogen-bond acceptors (Lipinski definition) is 3. The minimum absolute atomic E-state index is 0.0439. The second-order valence-electron chi connectivity index (χ2n) is 4.58. The highest BCUT2D eigenvalue weighted by Crippen LogP contribution is 2.25. The summed E-state index contributed by atoms with van der Waals surface area (Å²) in [6, 6.07) is 11.6. The lowest BCUT2D eigenvalue weighted by atomic mass is 10.1. The summed E-state index contributed by atoms with van der Waals surface area (Å²) in [6.45, 7) is 1.75. The van der Waals surface area contributed by atoms with Gasteiger partial charge < -0.3 is 5.11 Å².